The van der Waals surface area contributed by atoms with Crippen molar-refractivity contribution in [2.24, 2.45) is 15.0 Å². The monoisotopic (exact) mass is 1030 g/mol. The van der Waals surface area contributed by atoms with Gasteiger partial charge in [0.15, 0.2) is 36.1 Å². The summed E-state index contributed by atoms with van der Waals surface area (Å²) in [7, 11) is 0. The SMILES string of the molecule is CC(C)N(C=Nc1ccn([C@@H]2O[C@H](CO)[C@H](O)C2O)c(=O)n1)C(C)C.O=c1nc(N=CN2CCCCC2)ccn1[C@@H]1O[C@H](CO)[C@H](O)C1O.O=c1nc(N=CN2CCOCC2)ccn1[C@@H]1O[C@H](CO)[C@H](O)C1O. The van der Waals surface area contributed by atoms with Crippen LogP contribution in [-0.2, 0) is 18.9 Å². The van der Waals surface area contributed by atoms with Gasteiger partial charge in [-0.25, -0.2) is 29.4 Å². The molecule has 3 aromatic rings. The lowest BCUT2D eigenvalue weighted by Gasteiger charge is -2.28. The van der Waals surface area contributed by atoms with Gasteiger partial charge in [-0.3, -0.25) is 13.7 Å². The van der Waals surface area contributed by atoms with E-state index in [1.165, 1.54) is 43.2 Å². The van der Waals surface area contributed by atoms with E-state index in [0.29, 0.717) is 13.2 Å². The summed E-state index contributed by atoms with van der Waals surface area (Å²) in [4.78, 5) is 66.7. The molecule has 0 aromatic carbocycles. The zero-order valence-corrected chi connectivity index (χ0v) is 41.0. The molecule has 5 saturated heterocycles. The predicted molar refractivity (Wildman–Crippen MR) is 259 cm³/mol. The second-order valence-electron chi connectivity index (χ2n) is 18.2. The van der Waals surface area contributed by atoms with Crippen molar-refractivity contribution in [1.82, 2.24) is 43.4 Å². The van der Waals surface area contributed by atoms with E-state index in [4.69, 9.17) is 34.3 Å². The van der Waals surface area contributed by atoms with E-state index in [1.54, 1.807) is 19.0 Å². The lowest BCUT2D eigenvalue weighted by atomic mass is 10.1. The highest BCUT2D eigenvalue weighted by atomic mass is 16.6. The molecule has 404 valence electrons. The molecular weight excluding hydrogens is 965 g/mol. The van der Waals surface area contributed by atoms with Crippen molar-refractivity contribution in [3.05, 3.63) is 68.2 Å². The van der Waals surface area contributed by atoms with Gasteiger partial charge in [-0.2, -0.15) is 15.0 Å². The summed E-state index contributed by atoms with van der Waals surface area (Å²) in [5, 5.41) is 86.5. The quantitative estimate of drug-likeness (QED) is 0.0558. The lowest BCUT2D eigenvalue weighted by Crippen LogP contribution is -2.36. The van der Waals surface area contributed by atoms with E-state index in [0.717, 1.165) is 52.7 Å². The molecule has 5 fully saturated rings. The van der Waals surface area contributed by atoms with Crippen molar-refractivity contribution >= 4 is 36.5 Å². The number of morpholine rings is 1. The molecule has 8 heterocycles. The van der Waals surface area contributed by atoms with Crippen LogP contribution in [0.15, 0.2) is 66.2 Å². The van der Waals surface area contributed by atoms with Gasteiger partial charge in [-0.05, 0) is 65.2 Å². The molecule has 9 N–H and O–H groups in total. The molecule has 28 heteroatoms. The van der Waals surface area contributed by atoms with Gasteiger partial charge in [0.2, 0.25) is 0 Å². The molecular formula is C45H68N12O16. The lowest BCUT2D eigenvalue weighted by molar-refractivity contribution is -0.0549. The number of likely N-dealkylation sites (tertiary alicyclic amines) is 1. The number of aliphatic imine (C=N–C) groups is 3. The number of aromatic nitrogens is 6. The van der Waals surface area contributed by atoms with Crippen LogP contribution < -0.4 is 17.1 Å². The summed E-state index contributed by atoms with van der Waals surface area (Å²) < 4.78 is 24.4. The number of aliphatic hydroxyl groups excluding tert-OH is 9. The molecule has 0 bridgehead atoms. The maximum atomic E-state index is 12.2. The maximum absolute atomic E-state index is 12.2. The number of hydrogen-bond acceptors (Lipinski definition) is 22. The highest BCUT2D eigenvalue weighted by molar-refractivity contribution is 5.61. The minimum absolute atomic E-state index is 0.231. The summed E-state index contributed by atoms with van der Waals surface area (Å²) >= 11 is 0. The molecule has 73 heavy (non-hydrogen) atoms. The van der Waals surface area contributed by atoms with Crippen molar-refractivity contribution in [3.8, 4) is 0 Å². The Kier molecular flexibility index (Phi) is 20.7. The Hall–Kier alpha value is -5.47. The smallest absolute Gasteiger partial charge is 0.351 e. The van der Waals surface area contributed by atoms with Crippen LogP contribution in [0.3, 0.4) is 0 Å². The first-order chi connectivity index (χ1) is 34.9. The average Bonchev–Trinajstić information content (AvgIpc) is 3.96. The van der Waals surface area contributed by atoms with Crippen molar-refractivity contribution < 1.29 is 64.9 Å². The fourth-order valence-corrected chi connectivity index (χ4v) is 8.33. The maximum Gasteiger partial charge on any atom is 0.351 e. The van der Waals surface area contributed by atoms with E-state index < -0.39 is 111 Å². The molecule has 0 amide bonds. The van der Waals surface area contributed by atoms with Gasteiger partial charge in [-0.1, -0.05) is 0 Å². The molecule has 3 unspecified atom stereocenters. The minimum atomic E-state index is -1.33. The second-order valence-corrected chi connectivity index (χ2v) is 18.2. The third-order valence-electron chi connectivity index (χ3n) is 12.5. The number of hydrogen-bond donors (Lipinski definition) is 9. The molecule has 0 spiro atoms. The number of nitrogens with zero attached hydrogens (tertiary/aromatic N) is 12. The number of ether oxygens (including phenoxy) is 4. The van der Waals surface area contributed by atoms with Crippen LogP contribution in [0.25, 0.3) is 0 Å². The molecule has 5 aliphatic rings. The fraction of sp³-hybridized carbons (Fsp3) is 0.667. The average molecular weight is 1030 g/mol. The van der Waals surface area contributed by atoms with E-state index in [-0.39, 0.29) is 29.5 Å². The summed E-state index contributed by atoms with van der Waals surface area (Å²) in [5.41, 5.74) is -1.97. The van der Waals surface area contributed by atoms with Gasteiger partial charge in [0.05, 0.1) is 52.1 Å². The van der Waals surface area contributed by atoms with Gasteiger partial charge in [0.25, 0.3) is 0 Å². The Morgan fingerprint density at radius 1 is 0.548 bits per heavy atom. The Balaban J connectivity index is 0.000000179. The predicted octanol–water partition coefficient (Wildman–Crippen LogP) is -3.52. The molecule has 8 rings (SSSR count). The fourth-order valence-electron chi connectivity index (χ4n) is 8.33. The Morgan fingerprint density at radius 3 is 1.21 bits per heavy atom. The zero-order chi connectivity index (χ0) is 52.9. The molecule has 0 aliphatic carbocycles. The van der Waals surface area contributed by atoms with Crippen LogP contribution in [0.4, 0.5) is 17.5 Å². The normalized spacial score (nSPS) is 29.6. The summed E-state index contributed by atoms with van der Waals surface area (Å²) in [6.45, 7) is 11.4. The Bertz CT molecular complexity index is 2360. The van der Waals surface area contributed by atoms with Crippen LogP contribution in [0, 0.1) is 0 Å². The second kappa shape index (κ2) is 26.7. The van der Waals surface area contributed by atoms with E-state index in [1.807, 2.05) is 37.5 Å². The van der Waals surface area contributed by atoms with Gasteiger partial charge >= 0.3 is 17.1 Å². The van der Waals surface area contributed by atoms with Crippen molar-refractivity contribution in [2.45, 2.75) is 133 Å². The van der Waals surface area contributed by atoms with Crippen LogP contribution in [-0.4, -0.2) is 235 Å². The number of piperidine rings is 1. The van der Waals surface area contributed by atoms with Gasteiger partial charge in [-0.15, -0.1) is 0 Å². The zero-order valence-electron chi connectivity index (χ0n) is 41.0. The first-order valence-electron chi connectivity index (χ1n) is 24.1. The molecule has 0 saturated carbocycles. The Labute approximate surface area is 419 Å². The van der Waals surface area contributed by atoms with Gasteiger partial charge in [0, 0.05) is 56.9 Å². The highest BCUT2D eigenvalue weighted by Gasteiger charge is 2.46. The first-order valence-corrected chi connectivity index (χ1v) is 24.1. The summed E-state index contributed by atoms with van der Waals surface area (Å²) in [6.07, 6.45) is -1.26. The van der Waals surface area contributed by atoms with E-state index in [2.05, 4.69) is 34.8 Å². The number of aliphatic hydroxyl groups is 9. The highest BCUT2D eigenvalue weighted by Crippen LogP contribution is 2.30. The van der Waals surface area contributed by atoms with Crippen molar-refractivity contribution in [3.63, 3.8) is 0 Å². The molecule has 3 aromatic heterocycles. The van der Waals surface area contributed by atoms with Crippen LogP contribution in [0.1, 0.15) is 65.6 Å². The Morgan fingerprint density at radius 2 is 0.890 bits per heavy atom. The minimum Gasteiger partial charge on any atom is -0.394 e. The molecule has 28 nitrogen and oxygen atoms in total. The van der Waals surface area contributed by atoms with Crippen molar-refractivity contribution in [2.75, 3.05) is 59.2 Å². The standard InChI is InChI=1S/C16H26N4O5.C15H22N4O5.C14H20N4O6/c1-9(2)20(10(3)4)8-17-12-5-6-19(16(24)18-12)15-14(23)13(22)11(7-21)25-15;20-8-10-12(21)13(22)14(24-10)19-7-4-11(17-15(19)23)16-9-18-5-2-1-3-6-18;19-7-9-11(20)12(21)13(24-9)18-2-1-10(16-14(18)22)15-8-17-3-5-23-6-4-17/h5-6,8-11,13-15,21-23H,7H2,1-4H3;4,7,9-10,12-14,20-22H,1-3,5-6,8H2;1-2,8-9,11-13,19-21H,3-7H2/t11-,13+,14?,15-;10-,12+,13?,14-;9-,11+,12?,13-/m111/s1. The van der Waals surface area contributed by atoms with Gasteiger partial charge < -0.3 is 79.6 Å². The van der Waals surface area contributed by atoms with Crippen LogP contribution in [0.2, 0.25) is 0 Å². The van der Waals surface area contributed by atoms with Crippen LogP contribution >= 0.6 is 0 Å². The van der Waals surface area contributed by atoms with E-state index >= 15 is 0 Å². The molecule has 12 atom stereocenters. The topological polar surface area (TPSA) is 370 Å². The molecule has 0 radical (unpaired) electrons. The number of rotatable bonds is 14. The largest absolute Gasteiger partial charge is 0.394 e. The van der Waals surface area contributed by atoms with Crippen molar-refractivity contribution in [1.29, 1.82) is 0 Å². The van der Waals surface area contributed by atoms with Gasteiger partial charge in [0.1, 0.15) is 54.9 Å². The summed E-state index contributed by atoms with van der Waals surface area (Å²) in [5.74, 6) is 0.738. The molecule has 5 aliphatic heterocycles. The summed E-state index contributed by atoms with van der Waals surface area (Å²) in [6, 6.07) is 5.07. The third-order valence-corrected chi connectivity index (χ3v) is 12.5. The van der Waals surface area contributed by atoms with E-state index in [9.17, 15) is 45.0 Å². The third kappa shape index (κ3) is 14.4. The van der Waals surface area contributed by atoms with Crippen LogP contribution in [0.5, 0.6) is 0 Å². The first kappa shape index (κ1) is 56.8.